The van der Waals surface area contributed by atoms with E-state index in [4.69, 9.17) is 5.73 Å². The molecule has 0 spiro atoms. The number of pyridine rings is 1. The Kier molecular flexibility index (Phi) is 4.18. The zero-order valence-corrected chi connectivity index (χ0v) is 14.4. The first kappa shape index (κ1) is 16.9. The fourth-order valence-electron chi connectivity index (χ4n) is 2.75. The van der Waals surface area contributed by atoms with Crippen molar-refractivity contribution in [1.82, 2.24) is 14.5 Å². The van der Waals surface area contributed by atoms with Crippen molar-refractivity contribution < 1.29 is 14.6 Å². The van der Waals surface area contributed by atoms with E-state index in [-0.39, 0.29) is 0 Å². The molecule has 0 amide bonds. The molecule has 7 heteroatoms. The molecule has 0 aliphatic heterocycles. The number of nitrogens with zero attached hydrogens (tertiary/aromatic N) is 3. The van der Waals surface area contributed by atoms with Gasteiger partial charge in [-0.05, 0) is 37.6 Å². The quantitative estimate of drug-likeness (QED) is 0.557. The molecule has 0 bridgehead atoms. The molecule has 0 saturated heterocycles. The summed E-state index contributed by atoms with van der Waals surface area (Å²) in [6, 6.07) is 5.59. The third kappa shape index (κ3) is 3.46. The van der Waals surface area contributed by atoms with E-state index in [1.807, 2.05) is 22.8 Å². The van der Waals surface area contributed by atoms with Crippen LogP contribution in [0.15, 0.2) is 30.6 Å². The largest absolute Gasteiger partial charge is 0.466 e. The standard InChI is InChI=1S/C18H20N4O3/c1-18(2,24)9-22-10-20-15-16(22)12-8-11(5-7-14(23)25-3)4-6-13(12)21-17(15)19/h4-8,10,24H,9H2,1-3H3,(H2,19,21). The number of carbonyl (C=O) groups excluding carboxylic acids is 1. The van der Waals surface area contributed by atoms with Crippen LogP contribution in [-0.4, -0.2) is 38.3 Å². The van der Waals surface area contributed by atoms with Crippen molar-refractivity contribution in [3.8, 4) is 0 Å². The Balaban J connectivity index is 2.21. The molecule has 0 unspecified atom stereocenters. The number of nitrogens with two attached hydrogens (primary N) is 1. The van der Waals surface area contributed by atoms with E-state index in [9.17, 15) is 9.90 Å². The summed E-state index contributed by atoms with van der Waals surface area (Å²) in [5, 5.41) is 11.0. The maximum atomic E-state index is 11.3. The van der Waals surface area contributed by atoms with Crippen molar-refractivity contribution in [2.45, 2.75) is 26.0 Å². The first-order valence-corrected chi connectivity index (χ1v) is 7.81. The molecule has 3 rings (SSSR count). The highest BCUT2D eigenvalue weighted by Gasteiger charge is 2.18. The number of fused-ring (bicyclic) bond motifs is 3. The van der Waals surface area contributed by atoms with Gasteiger partial charge in [0.25, 0.3) is 0 Å². The van der Waals surface area contributed by atoms with E-state index < -0.39 is 11.6 Å². The van der Waals surface area contributed by atoms with Gasteiger partial charge in [0.2, 0.25) is 0 Å². The van der Waals surface area contributed by atoms with Crippen LogP contribution in [0.4, 0.5) is 5.82 Å². The second-order valence-corrected chi connectivity index (χ2v) is 6.51. The second-order valence-electron chi connectivity index (χ2n) is 6.51. The number of imidazole rings is 1. The van der Waals surface area contributed by atoms with Gasteiger partial charge in [-0.25, -0.2) is 14.8 Å². The number of nitrogen functional groups attached to an aromatic ring is 1. The van der Waals surface area contributed by atoms with Crippen LogP contribution in [0.1, 0.15) is 19.4 Å². The minimum Gasteiger partial charge on any atom is -0.466 e. The Morgan fingerprint density at radius 3 is 2.88 bits per heavy atom. The average molecular weight is 340 g/mol. The number of methoxy groups -OCH3 is 1. The zero-order chi connectivity index (χ0) is 18.2. The lowest BCUT2D eigenvalue weighted by molar-refractivity contribution is -0.134. The van der Waals surface area contributed by atoms with Gasteiger partial charge in [-0.15, -0.1) is 0 Å². The zero-order valence-electron chi connectivity index (χ0n) is 14.4. The monoisotopic (exact) mass is 340 g/mol. The van der Waals surface area contributed by atoms with Gasteiger partial charge in [-0.2, -0.15) is 0 Å². The topological polar surface area (TPSA) is 103 Å². The molecular weight excluding hydrogens is 320 g/mol. The van der Waals surface area contributed by atoms with Gasteiger partial charge in [0.05, 0.1) is 36.6 Å². The van der Waals surface area contributed by atoms with Gasteiger partial charge >= 0.3 is 5.97 Å². The van der Waals surface area contributed by atoms with Crippen LogP contribution in [0.25, 0.3) is 28.0 Å². The minimum absolute atomic E-state index is 0.342. The summed E-state index contributed by atoms with van der Waals surface area (Å²) in [5.41, 5.74) is 8.06. The van der Waals surface area contributed by atoms with Crippen LogP contribution in [0.3, 0.4) is 0 Å². The van der Waals surface area contributed by atoms with Gasteiger partial charge in [-0.1, -0.05) is 6.07 Å². The van der Waals surface area contributed by atoms with Gasteiger partial charge in [0.1, 0.15) is 5.52 Å². The van der Waals surface area contributed by atoms with E-state index in [1.165, 1.54) is 13.2 Å². The molecule has 2 heterocycles. The maximum absolute atomic E-state index is 11.3. The summed E-state index contributed by atoms with van der Waals surface area (Å²) in [5.74, 6) is -0.0809. The number of anilines is 1. The summed E-state index contributed by atoms with van der Waals surface area (Å²) in [4.78, 5) is 20.0. The molecule has 3 N–H and O–H groups in total. The van der Waals surface area contributed by atoms with Crippen molar-refractivity contribution in [3.63, 3.8) is 0 Å². The van der Waals surface area contributed by atoms with Gasteiger partial charge in [-0.3, -0.25) is 0 Å². The second kappa shape index (κ2) is 6.18. The van der Waals surface area contributed by atoms with Crippen LogP contribution in [-0.2, 0) is 16.1 Å². The molecule has 2 aromatic heterocycles. The summed E-state index contributed by atoms with van der Waals surface area (Å²) in [7, 11) is 1.33. The average Bonchev–Trinajstić information content (AvgIpc) is 2.95. The van der Waals surface area contributed by atoms with Crippen LogP contribution in [0.5, 0.6) is 0 Å². The lowest BCUT2D eigenvalue weighted by atomic mass is 10.1. The van der Waals surface area contributed by atoms with Crippen molar-refractivity contribution in [1.29, 1.82) is 0 Å². The fraction of sp³-hybridized carbons (Fsp3) is 0.278. The lowest BCUT2D eigenvalue weighted by Crippen LogP contribution is -2.25. The van der Waals surface area contributed by atoms with Crippen molar-refractivity contribution in [3.05, 3.63) is 36.2 Å². The van der Waals surface area contributed by atoms with Crippen LogP contribution < -0.4 is 5.73 Å². The van der Waals surface area contributed by atoms with Crippen LogP contribution in [0, 0.1) is 0 Å². The van der Waals surface area contributed by atoms with Gasteiger partial charge in [0, 0.05) is 11.5 Å². The number of aliphatic hydroxyl groups is 1. The SMILES string of the molecule is COC(=O)C=Cc1ccc2nc(N)c3ncn(CC(C)(C)O)c3c2c1. The van der Waals surface area contributed by atoms with E-state index in [0.717, 1.165) is 22.0 Å². The van der Waals surface area contributed by atoms with Crippen molar-refractivity contribution in [2.75, 3.05) is 12.8 Å². The Morgan fingerprint density at radius 2 is 2.20 bits per heavy atom. The van der Waals surface area contributed by atoms with E-state index in [2.05, 4.69) is 14.7 Å². The molecule has 130 valence electrons. The first-order chi connectivity index (χ1) is 11.8. The molecule has 0 aliphatic rings. The molecule has 0 aliphatic carbocycles. The Hall–Kier alpha value is -2.93. The number of rotatable bonds is 4. The predicted molar refractivity (Wildman–Crippen MR) is 96.8 cm³/mol. The fourth-order valence-corrected chi connectivity index (χ4v) is 2.75. The number of hydrogen-bond acceptors (Lipinski definition) is 6. The number of esters is 1. The molecular formula is C18H20N4O3. The molecule has 0 atom stereocenters. The van der Waals surface area contributed by atoms with E-state index in [0.29, 0.717) is 17.9 Å². The molecule has 0 fully saturated rings. The molecule has 7 nitrogen and oxygen atoms in total. The highest BCUT2D eigenvalue weighted by molar-refractivity contribution is 6.07. The predicted octanol–water partition coefficient (Wildman–Crippen LogP) is 2.12. The molecule has 0 radical (unpaired) electrons. The summed E-state index contributed by atoms with van der Waals surface area (Å²) in [6.45, 7) is 3.83. The molecule has 3 aromatic rings. The Morgan fingerprint density at radius 1 is 1.44 bits per heavy atom. The van der Waals surface area contributed by atoms with Gasteiger partial charge < -0.3 is 20.1 Å². The lowest BCUT2D eigenvalue weighted by Gasteiger charge is -2.18. The Labute approximate surface area is 144 Å². The van der Waals surface area contributed by atoms with E-state index >= 15 is 0 Å². The molecule has 0 saturated carbocycles. The van der Waals surface area contributed by atoms with Crippen molar-refractivity contribution in [2.24, 2.45) is 0 Å². The highest BCUT2D eigenvalue weighted by atomic mass is 16.5. The Bertz CT molecular complexity index is 983. The number of hydrogen-bond donors (Lipinski definition) is 2. The van der Waals surface area contributed by atoms with Crippen molar-refractivity contribution >= 4 is 39.8 Å². The smallest absolute Gasteiger partial charge is 0.330 e. The minimum atomic E-state index is -0.902. The number of aromatic nitrogens is 3. The van der Waals surface area contributed by atoms with Gasteiger partial charge in [0.15, 0.2) is 5.82 Å². The summed E-state index contributed by atoms with van der Waals surface area (Å²) in [6.07, 6.45) is 4.68. The molecule has 25 heavy (non-hydrogen) atoms. The van der Waals surface area contributed by atoms with Crippen LogP contribution in [0.2, 0.25) is 0 Å². The number of carbonyl (C=O) groups is 1. The normalized spacial score (nSPS) is 12.3. The first-order valence-electron chi connectivity index (χ1n) is 7.81. The summed E-state index contributed by atoms with van der Waals surface area (Å²) < 4.78 is 6.48. The third-order valence-electron chi connectivity index (χ3n) is 3.77. The molecule has 1 aromatic carbocycles. The third-order valence-corrected chi connectivity index (χ3v) is 3.77. The number of benzene rings is 1. The number of ether oxygens (including phenoxy) is 1. The highest BCUT2D eigenvalue weighted by Crippen LogP contribution is 2.29. The summed E-state index contributed by atoms with van der Waals surface area (Å²) >= 11 is 0. The van der Waals surface area contributed by atoms with E-state index in [1.54, 1.807) is 26.3 Å². The van der Waals surface area contributed by atoms with Crippen LogP contribution >= 0.6 is 0 Å². The maximum Gasteiger partial charge on any atom is 0.330 e.